The fourth-order valence-electron chi connectivity index (χ4n) is 2.44. The van der Waals surface area contributed by atoms with E-state index in [1.165, 1.54) is 19.3 Å². The molecule has 108 valence electrons. The van der Waals surface area contributed by atoms with E-state index >= 15 is 0 Å². The van der Waals surface area contributed by atoms with E-state index in [1.54, 1.807) is 24.5 Å². The number of carbonyl (C=O) groups excluding carboxylic acids is 1. The molecule has 0 bridgehead atoms. The highest BCUT2D eigenvalue weighted by molar-refractivity contribution is 6.04. The van der Waals surface area contributed by atoms with Crippen molar-refractivity contribution in [3.63, 3.8) is 0 Å². The average Bonchev–Trinajstić information content (AvgIpc) is 2.57. The average molecular weight is 282 g/mol. The fraction of sp³-hybridized carbons (Fsp3) is 0.312. The lowest BCUT2D eigenvalue weighted by Crippen LogP contribution is -2.30. The Bertz CT molecular complexity index is 591. The molecule has 1 aromatic carbocycles. The number of nitrogens with zero attached hydrogens (tertiary/aromatic N) is 3. The Labute approximate surface area is 124 Å². The minimum absolute atomic E-state index is 0.148. The van der Waals surface area contributed by atoms with Crippen LogP contribution < -0.4 is 10.2 Å². The van der Waals surface area contributed by atoms with Crippen LogP contribution in [0.1, 0.15) is 29.6 Å². The number of hydrogen-bond acceptors (Lipinski definition) is 4. The molecular formula is C16H18N4O. The van der Waals surface area contributed by atoms with Crippen molar-refractivity contribution in [3.8, 4) is 0 Å². The lowest BCUT2D eigenvalue weighted by molar-refractivity contribution is 0.102. The van der Waals surface area contributed by atoms with Gasteiger partial charge in [-0.1, -0.05) is 18.2 Å². The molecule has 0 unspecified atom stereocenters. The first kappa shape index (κ1) is 13.5. The van der Waals surface area contributed by atoms with Crippen LogP contribution in [0.15, 0.2) is 42.7 Å². The van der Waals surface area contributed by atoms with Gasteiger partial charge in [0.15, 0.2) is 0 Å². The lowest BCUT2D eigenvalue weighted by atomic mass is 10.1. The summed E-state index contributed by atoms with van der Waals surface area (Å²) in [5.41, 5.74) is 1.24. The standard InChI is InChI=1S/C16H18N4O/c21-15(13-7-3-1-4-8-13)19-14-11-17-16(18-12-14)20-9-5-2-6-10-20/h1,3-4,7-8,11-12H,2,5-6,9-10H2,(H,19,21). The van der Waals surface area contributed by atoms with Crippen molar-refractivity contribution in [2.24, 2.45) is 0 Å². The summed E-state index contributed by atoms with van der Waals surface area (Å²) in [7, 11) is 0. The summed E-state index contributed by atoms with van der Waals surface area (Å²) < 4.78 is 0. The highest BCUT2D eigenvalue weighted by Gasteiger charge is 2.13. The third-order valence-electron chi connectivity index (χ3n) is 3.57. The predicted octanol–water partition coefficient (Wildman–Crippen LogP) is 2.72. The highest BCUT2D eigenvalue weighted by atomic mass is 16.1. The van der Waals surface area contributed by atoms with Crippen molar-refractivity contribution in [3.05, 3.63) is 48.3 Å². The molecule has 3 rings (SSSR count). The highest BCUT2D eigenvalue weighted by Crippen LogP contribution is 2.16. The molecule has 1 fully saturated rings. The van der Waals surface area contributed by atoms with Gasteiger partial charge in [0, 0.05) is 18.7 Å². The smallest absolute Gasteiger partial charge is 0.255 e. The molecule has 21 heavy (non-hydrogen) atoms. The van der Waals surface area contributed by atoms with Crippen LogP contribution in [0, 0.1) is 0 Å². The van der Waals surface area contributed by atoms with Gasteiger partial charge in [-0.3, -0.25) is 4.79 Å². The van der Waals surface area contributed by atoms with Crippen LogP contribution >= 0.6 is 0 Å². The Kier molecular flexibility index (Phi) is 4.09. The van der Waals surface area contributed by atoms with Gasteiger partial charge in [0.1, 0.15) is 0 Å². The maximum atomic E-state index is 12.0. The molecule has 1 amide bonds. The second kappa shape index (κ2) is 6.35. The summed E-state index contributed by atoms with van der Waals surface area (Å²) in [5.74, 6) is 0.595. The van der Waals surface area contributed by atoms with Crippen LogP contribution in [0.2, 0.25) is 0 Å². The molecule has 5 heteroatoms. The van der Waals surface area contributed by atoms with Crippen molar-refractivity contribution < 1.29 is 4.79 Å². The number of benzene rings is 1. The molecule has 1 aromatic heterocycles. The van der Waals surface area contributed by atoms with Gasteiger partial charge in [-0.25, -0.2) is 9.97 Å². The van der Waals surface area contributed by atoms with Gasteiger partial charge in [0.05, 0.1) is 18.1 Å². The van der Waals surface area contributed by atoms with Gasteiger partial charge in [-0.2, -0.15) is 0 Å². The first-order valence-electron chi connectivity index (χ1n) is 7.26. The van der Waals surface area contributed by atoms with Crippen LogP contribution in [0.5, 0.6) is 0 Å². The molecular weight excluding hydrogens is 264 g/mol. The fourth-order valence-corrected chi connectivity index (χ4v) is 2.44. The number of carbonyl (C=O) groups is 1. The molecule has 1 aliphatic rings. The maximum Gasteiger partial charge on any atom is 0.255 e. The summed E-state index contributed by atoms with van der Waals surface area (Å²) in [6.07, 6.45) is 6.99. The Balaban J connectivity index is 1.65. The molecule has 2 aromatic rings. The van der Waals surface area contributed by atoms with Crippen LogP contribution in [0.25, 0.3) is 0 Å². The third kappa shape index (κ3) is 3.37. The van der Waals surface area contributed by atoms with Crippen molar-refractivity contribution in [1.29, 1.82) is 0 Å². The van der Waals surface area contributed by atoms with E-state index in [4.69, 9.17) is 0 Å². The van der Waals surface area contributed by atoms with Gasteiger partial charge in [-0.05, 0) is 31.4 Å². The van der Waals surface area contributed by atoms with Crippen LogP contribution in [0.3, 0.4) is 0 Å². The Hall–Kier alpha value is -2.43. The van der Waals surface area contributed by atoms with E-state index in [-0.39, 0.29) is 5.91 Å². The maximum absolute atomic E-state index is 12.0. The van der Waals surface area contributed by atoms with Gasteiger partial charge >= 0.3 is 0 Å². The van der Waals surface area contributed by atoms with E-state index in [1.807, 2.05) is 18.2 Å². The molecule has 2 heterocycles. The summed E-state index contributed by atoms with van der Waals surface area (Å²) in [6.45, 7) is 2.02. The molecule has 1 saturated heterocycles. The molecule has 0 spiro atoms. The number of hydrogen-bond donors (Lipinski definition) is 1. The second-order valence-corrected chi connectivity index (χ2v) is 5.14. The van der Waals surface area contributed by atoms with Gasteiger partial charge < -0.3 is 10.2 Å². The Morgan fingerprint density at radius 2 is 1.67 bits per heavy atom. The number of nitrogens with one attached hydrogen (secondary N) is 1. The SMILES string of the molecule is O=C(Nc1cnc(N2CCCCC2)nc1)c1ccccc1. The van der Waals surface area contributed by atoms with E-state index in [2.05, 4.69) is 20.2 Å². The first-order chi connectivity index (χ1) is 10.3. The third-order valence-corrected chi connectivity index (χ3v) is 3.57. The van der Waals surface area contributed by atoms with E-state index in [0.29, 0.717) is 11.3 Å². The molecule has 1 aliphatic heterocycles. The molecule has 0 radical (unpaired) electrons. The van der Waals surface area contributed by atoms with Gasteiger partial charge in [0.25, 0.3) is 5.91 Å². The number of piperidine rings is 1. The van der Waals surface area contributed by atoms with Crippen molar-refractivity contribution in [1.82, 2.24) is 9.97 Å². The summed E-state index contributed by atoms with van der Waals surface area (Å²) in [4.78, 5) is 22.9. The van der Waals surface area contributed by atoms with Crippen molar-refractivity contribution >= 4 is 17.5 Å². The van der Waals surface area contributed by atoms with Gasteiger partial charge in [0.2, 0.25) is 5.95 Å². The minimum Gasteiger partial charge on any atom is -0.341 e. The summed E-state index contributed by atoms with van der Waals surface area (Å²) in [6, 6.07) is 9.11. The number of rotatable bonds is 3. The zero-order chi connectivity index (χ0) is 14.5. The quantitative estimate of drug-likeness (QED) is 0.940. The van der Waals surface area contributed by atoms with E-state index < -0.39 is 0 Å². The van der Waals surface area contributed by atoms with Crippen LogP contribution in [0.4, 0.5) is 11.6 Å². The number of aromatic nitrogens is 2. The topological polar surface area (TPSA) is 58.1 Å². The predicted molar refractivity (Wildman–Crippen MR) is 82.5 cm³/mol. The van der Waals surface area contributed by atoms with E-state index in [0.717, 1.165) is 19.0 Å². The molecule has 0 saturated carbocycles. The Morgan fingerprint density at radius 1 is 1.00 bits per heavy atom. The largest absolute Gasteiger partial charge is 0.341 e. The van der Waals surface area contributed by atoms with Crippen molar-refractivity contribution in [2.75, 3.05) is 23.3 Å². The molecule has 5 nitrogen and oxygen atoms in total. The zero-order valence-corrected chi connectivity index (χ0v) is 11.8. The van der Waals surface area contributed by atoms with Crippen LogP contribution in [-0.2, 0) is 0 Å². The lowest BCUT2D eigenvalue weighted by Gasteiger charge is -2.26. The molecule has 0 atom stereocenters. The summed E-state index contributed by atoms with van der Waals surface area (Å²) in [5, 5.41) is 2.81. The first-order valence-corrected chi connectivity index (χ1v) is 7.26. The molecule has 0 aliphatic carbocycles. The van der Waals surface area contributed by atoms with Gasteiger partial charge in [-0.15, -0.1) is 0 Å². The summed E-state index contributed by atoms with van der Waals surface area (Å²) >= 11 is 0. The van der Waals surface area contributed by atoms with Crippen molar-refractivity contribution in [2.45, 2.75) is 19.3 Å². The second-order valence-electron chi connectivity index (χ2n) is 5.14. The monoisotopic (exact) mass is 282 g/mol. The Morgan fingerprint density at radius 3 is 2.33 bits per heavy atom. The number of amides is 1. The zero-order valence-electron chi connectivity index (χ0n) is 11.8. The normalized spacial score (nSPS) is 14.8. The number of anilines is 2. The molecule has 1 N–H and O–H groups in total. The van der Waals surface area contributed by atoms with E-state index in [9.17, 15) is 4.79 Å². The minimum atomic E-state index is -0.148. The van der Waals surface area contributed by atoms with Crippen LogP contribution in [-0.4, -0.2) is 29.0 Å².